The average molecular weight is 229 g/mol. The van der Waals surface area contributed by atoms with Crippen LogP contribution in [0.3, 0.4) is 0 Å². The number of aliphatic hydroxyl groups excluding tert-OH is 1. The number of unbranched alkanes of at least 4 members (excludes halogenated alkanes) is 6. The number of carbonyl (C=O) groups is 1. The molecule has 0 rings (SSSR count). The van der Waals surface area contributed by atoms with Crippen molar-refractivity contribution >= 4 is 5.91 Å². The standard InChI is InChI=1S/C13H27NO2/c1-3-4-5-6-7-8-9-10-13(16)14-12(2)11-15/h12,15H,3-11H2,1-2H3,(H,14,16)/t12-/m0/s1. The second-order valence-corrected chi connectivity index (χ2v) is 4.52. The lowest BCUT2D eigenvalue weighted by molar-refractivity contribution is -0.122. The zero-order valence-electron chi connectivity index (χ0n) is 10.8. The Hall–Kier alpha value is -0.570. The van der Waals surface area contributed by atoms with Gasteiger partial charge in [0.1, 0.15) is 0 Å². The van der Waals surface area contributed by atoms with Gasteiger partial charge in [0.05, 0.1) is 6.61 Å². The van der Waals surface area contributed by atoms with Crippen LogP contribution in [0.1, 0.15) is 65.2 Å². The number of aliphatic hydroxyl groups is 1. The van der Waals surface area contributed by atoms with Crippen molar-refractivity contribution in [1.29, 1.82) is 0 Å². The van der Waals surface area contributed by atoms with E-state index < -0.39 is 0 Å². The maximum absolute atomic E-state index is 11.3. The molecule has 0 fully saturated rings. The van der Waals surface area contributed by atoms with Crippen LogP contribution in [0.5, 0.6) is 0 Å². The maximum Gasteiger partial charge on any atom is 0.220 e. The predicted molar refractivity (Wildman–Crippen MR) is 67.3 cm³/mol. The third-order valence-corrected chi connectivity index (χ3v) is 2.69. The third kappa shape index (κ3) is 9.97. The first-order chi connectivity index (χ1) is 7.70. The molecule has 96 valence electrons. The van der Waals surface area contributed by atoms with E-state index in [9.17, 15) is 4.79 Å². The fraction of sp³-hybridized carbons (Fsp3) is 0.923. The van der Waals surface area contributed by atoms with Crippen LogP contribution in [-0.2, 0) is 4.79 Å². The summed E-state index contributed by atoms with van der Waals surface area (Å²) < 4.78 is 0. The minimum atomic E-state index is -0.114. The molecule has 0 aliphatic rings. The average Bonchev–Trinajstić information content (AvgIpc) is 2.27. The fourth-order valence-electron chi connectivity index (χ4n) is 1.64. The minimum Gasteiger partial charge on any atom is -0.394 e. The fourth-order valence-corrected chi connectivity index (χ4v) is 1.64. The van der Waals surface area contributed by atoms with E-state index in [-0.39, 0.29) is 18.6 Å². The second kappa shape index (κ2) is 10.9. The van der Waals surface area contributed by atoms with Gasteiger partial charge in [0, 0.05) is 12.5 Å². The predicted octanol–water partition coefficient (Wildman–Crippen LogP) is 2.62. The molecule has 0 saturated heterocycles. The number of hydrogen-bond donors (Lipinski definition) is 2. The molecule has 0 heterocycles. The van der Waals surface area contributed by atoms with Crippen molar-refractivity contribution in [3.8, 4) is 0 Å². The lowest BCUT2D eigenvalue weighted by Crippen LogP contribution is -2.34. The van der Waals surface area contributed by atoms with Crippen LogP contribution in [0.4, 0.5) is 0 Å². The molecule has 0 bridgehead atoms. The van der Waals surface area contributed by atoms with E-state index in [0.717, 1.165) is 12.8 Å². The van der Waals surface area contributed by atoms with E-state index in [0.29, 0.717) is 6.42 Å². The topological polar surface area (TPSA) is 49.3 Å². The number of nitrogens with one attached hydrogen (secondary N) is 1. The highest BCUT2D eigenvalue weighted by Gasteiger charge is 2.04. The molecule has 0 aromatic heterocycles. The Bertz CT molecular complexity index is 171. The summed E-state index contributed by atoms with van der Waals surface area (Å²) >= 11 is 0. The van der Waals surface area contributed by atoms with Crippen LogP contribution >= 0.6 is 0 Å². The molecular formula is C13H27NO2. The molecule has 0 aromatic carbocycles. The Kier molecular flexibility index (Phi) is 10.5. The van der Waals surface area contributed by atoms with E-state index in [4.69, 9.17) is 5.11 Å². The number of amides is 1. The molecule has 0 aliphatic carbocycles. The molecule has 0 aliphatic heterocycles. The van der Waals surface area contributed by atoms with E-state index >= 15 is 0 Å². The molecule has 2 N–H and O–H groups in total. The number of hydrogen-bond acceptors (Lipinski definition) is 2. The van der Waals surface area contributed by atoms with Gasteiger partial charge in [-0.2, -0.15) is 0 Å². The number of rotatable bonds is 10. The first kappa shape index (κ1) is 15.4. The van der Waals surface area contributed by atoms with Gasteiger partial charge >= 0.3 is 0 Å². The van der Waals surface area contributed by atoms with Gasteiger partial charge < -0.3 is 10.4 Å². The van der Waals surface area contributed by atoms with Crippen molar-refractivity contribution in [2.75, 3.05) is 6.61 Å². The maximum atomic E-state index is 11.3. The smallest absolute Gasteiger partial charge is 0.220 e. The first-order valence-electron chi connectivity index (χ1n) is 6.61. The largest absolute Gasteiger partial charge is 0.394 e. The van der Waals surface area contributed by atoms with Crippen LogP contribution < -0.4 is 5.32 Å². The monoisotopic (exact) mass is 229 g/mol. The van der Waals surface area contributed by atoms with Crippen molar-refractivity contribution < 1.29 is 9.90 Å². The van der Waals surface area contributed by atoms with Crippen molar-refractivity contribution in [3.05, 3.63) is 0 Å². The van der Waals surface area contributed by atoms with Crippen LogP contribution in [0.2, 0.25) is 0 Å². The van der Waals surface area contributed by atoms with E-state index in [2.05, 4.69) is 12.2 Å². The lowest BCUT2D eigenvalue weighted by atomic mass is 10.1. The molecule has 0 unspecified atom stereocenters. The van der Waals surface area contributed by atoms with Gasteiger partial charge in [-0.15, -0.1) is 0 Å². The molecule has 3 nitrogen and oxygen atoms in total. The van der Waals surface area contributed by atoms with Gasteiger partial charge in [0.25, 0.3) is 0 Å². The minimum absolute atomic E-state index is 0.0166. The third-order valence-electron chi connectivity index (χ3n) is 2.69. The molecule has 3 heteroatoms. The van der Waals surface area contributed by atoms with Gasteiger partial charge in [0.2, 0.25) is 5.91 Å². The van der Waals surface area contributed by atoms with Crippen LogP contribution in [-0.4, -0.2) is 23.7 Å². The molecular weight excluding hydrogens is 202 g/mol. The summed E-state index contributed by atoms with van der Waals surface area (Å²) in [6.45, 7) is 4.04. The highest BCUT2D eigenvalue weighted by molar-refractivity contribution is 5.76. The van der Waals surface area contributed by atoms with Crippen molar-refractivity contribution in [1.82, 2.24) is 5.32 Å². The summed E-state index contributed by atoms with van der Waals surface area (Å²) in [5.41, 5.74) is 0. The van der Waals surface area contributed by atoms with Crippen LogP contribution in [0.15, 0.2) is 0 Å². The summed E-state index contributed by atoms with van der Waals surface area (Å²) in [6.07, 6.45) is 9.17. The summed E-state index contributed by atoms with van der Waals surface area (Å²) in [7, 11) is 0. The number of carbonyl (C=O) groups excluding carboxylic acids is 1. The summed E-state index contributed by atoms with van der Waals surface area (Å²) in [5, 5.41) is 11.5. The van der Waals surface area contributed by atoms with Gasteiger partial charge in [-0.3, -0.25) is 4.79 Å². The normalized spacial score (nSPS) is 12.4. The Morgan fingerprint density at radius 3 is 2.25 bits per heavy atom. The van der Waals surface area contributed by atoms with Gasteiger partial charge in [-0.1, -0.05) is 45.4 Å². The van der Waals surface area contributed by atoms with E-state index in [1.807, 2.05) is 6.92 Å². The first-order valence-corrected chi connectivity index (χ1v) is 6.61. The zero-order valence-corrected chi connectivity index (χ0v) is 10.8. The lowest BCUT2D eigenvalue weighted by Gasteiger charge is -2.10. The highest BCUT2D eigenvalue weighted by atomic mass is 16.3. The van der Waals surface area contributed by atoms with Crippen LogP contribution in [0, 0.1) is 0 Å². The Labute approximate surface area is 99.6 Å². The van der Waals surface area contributed by atoms with Crippen LogP contribution in [0.25, 0.3) is 0 Å². The van der Waals surface area contributed by atoms with E-state index in [1.54, 1.807) is 0 Å². The van der Waals surface area contributed by atoms with E-state index in [1.165, 1.54) is 32.1 Å². The van der Waals surface area contributed by atoms with Crippen molar-refractivity contribution in [3.63, 3.8) is 0 Å². The van der Waals surface area contributed by atoms with Gasteiger partial charge in [0.15, 0.2) is 0 Å². The van der Waals surface area contributed by atoms with Gasteiger partial charge in [-0.05, 0) is 13.3 Å². The SMILES string of the molecule is CCCCCCCCCC(=O)N[C@@H](C)CO. The quantitative estimate of drug-likeness (QED) is 0.566. The highest BCUT2D eigenvalue weighted by Crippen LogP contribution is 2.08. The molecule has 0 saturated carbocycles. The Morgan fingerprint density at radius 2 is 1.69 bits per heavy atom. The molecule has 1 amide bonds. The molecule has 0 aromatic rings. The molecule has 1 atom stereocenters. The zero-order chi connectivity index (χ0) is 12.2. The summed E-state index contributed by atoms with van der Waals surface area (Å²) in [4.78, 5) is 11.3. The molecule has 0 radical (unpaired) electrons. The summed E-state index contributed by atoms with van der Waals surface area (Å²) in [5.74, 6) is 0.0649. The molecule has 16 heavy (non-hydrogen) atoms. The van der Waals surface area contributed by atoms with Crippen molar-refractivity contribution in [2.24, 2.45) is 0 Å². The van der Waals surface area contributed by atoms with Gasteiger partial charge in [-0.25, -0.2) is 0 Å². The molecule has 0 spiro atoms. The Morgan fingerprint density at radius 1 is 1.12 bits per heavy atom. The Balaban J connectivity index is 3.21. The summed E-state index contributed by atoms with van der Waals surface area (Å²) in [6, 6.07) is -0.114. The second-order valence-electron chi connectivity index (χ2n) is 4.52. The van der Waals surface area contributed by atoms with Crippen molar-refractivity contribution in [2.45, 2.75) is 71.3 Å².